The van der Waals surface area contributed by atoms with E-state index in [1.807, 2.05) is 0 Å². The van der Waals surface area contributed by atoms with Gasteiger partial charge in [-0.3, -0.25) is 9.88 Å². The van der Waals surface area contributed by atoms with Crippen molar-refractivity contribution in [2.75, 3.05) is 25.5 Å². The zero-order valence-electron chi connectivity index (χ0n) is 17.7. The third-order valence-electron chi connectivity index (χ3n) is 6.07. The third kappa shape index (κ3) is 3.57. The van der Waals surface area contributed by atoms with E-state index >= 15 is 0 Å². The smallest absolute Gasteiger partial charge is 0.0705 e. The topological polar surface area (TPSA) is 19.4 Å². The van der Waals surface area contributed by atoms with Crippen LogP contribution in [0.1, 0.15) is 16.8 Å². The van der Waals surface area contributed by atoms with Crippen molar-refractivity contribution in [1.29, 1.82) is 0 Å². The monoisotopic (exact) mass is 393 g/mol. The highest BCUT2D eigenvalue weighted by molar-refractivity contribution is 5.81. The molecule has 0 aliphatic carbocycles. The maximum atomic E-state index is 4.85. The second-order valence-electron chi connectivity index (χ2n) is 8.31. The molecule has 30 heavy (non-hydrogen) atoms. The van der Waals surface area contributed by atoms with Gasteiger partial charge in [-0.1, -0.05) is 60.7 Å². The van der Waals surface area contributed by atoms with E-state index in [4.69, 9.17) is 4.98 Å². The Balaban J connectivity index is 1.36. The average Bonchev–Trinajstić information content (AvgIpc) is 3.21. The van der Waals surface area contributed by atoms with Gasteiger partial charge in [-0.15, -0.1) is 0 Å². The van der Waals surface area contributed by atoms with Crippen LogP contribution in [0, 0.1) is 0 Å². The number of nitrogens with zero attached hydrogens (tertiary/aromatic N) is 3. The van der Waals surface area contributed by atoms with Gasteiger partial charge in [0.1, 0.15) is 0 Å². The second kappa shape index (κ2) is 7.92. The first-order valence-electron chi connectivity index (χ1n) is 10.6. The molecule has 2 heterocycles. The highest BCUT2D eigenvalue weighted by Gasteiger charge is 2.23. The molecule has 4 aromatic rings. The Kier molecular flexibility index (Phi) is 4.97. The fraction of sp³-hybridized carbons (Fsp3) is 0.222. The lowest BCUT2D eigenvalue weighted by Gasteiger charge is -2.19. The van der Waals surface area contributed by atoms with Crippen LogP contribution < -0.4 is 4.90 Å². The summed E-state index contributed by atoms with van der Waals surface area (Å²) < 4.78 is 0. The first-order chi connectivity index (χ1) is 14.7. The van der Waals surface area contributed by atoms with Crippen LogP contribution in [-0.2, 0) is 19.5 Å². The van der Waals surface area contributed by atoms with Crippen LogP contribution in [0.5, 0.6) is 0 Å². The van der Waals surface area contributed by atoms with Gasteiger partial charge in [0.2, 0.25) is 0 Å². The van der Waals surface area contributed by atoms with Gasteiger partial charge >= 0.3 is 0 Å². The zero-order chi connectivity index (χ0) is 20.5. The molecule has 150 valence electrons. The molecule has 0 atom stereocenters. The molecule has 0 amide bonds. The fourth-order valence-electron chi connectivity index (χ4n) is 4.51. The van der Waals surface area contributed by atoms with Crippen molar-refractivity contribution >= 4 is 16.6 Å². The maximum Gasteiger partial charge on any atom is 0.0705 e. The number of aromatic nitrogens is 1. The van der Waals surface area contributed by atoms with Gasteiger partial charge in [-0.2, -0.15) is 0 Å². The molecule has 0 N–H and O–H groups in total. The number of pyridine rings is 1. The Morgan fingerprint density at radius 2 is 1.60 bits per heavy atom. The summed E-state index contributed by atoms with van der Waals surface area (Å²) in [4.78, 5) is 9.60. The Bertz CT molecular complexity index is 1200. The Morgan fingerprint density at radius 1 is 0.800 bits per heavy atom. The minimum absolute atomic E-state index is 0.975. The molecule has 3 aromatic carbocycles. The summed E-state index contributed by atoms with van der Waals surface area (Å²) in [5, 5.41) is 1.21. The van der Waals surface area contributed by atoms with E-state index in [0.717, 1.165) is 31.6 Å². The van der Waals surface area contributed by atoms with Crippen molar-refractivity contribution in [1.82, 2.24) is 9.88 Å². The molecule has 0 saturated heterocycles. The maximum absolute atomic E-state index is 4.85. The van der Waals surface area contributed by atoms with Gasteiger partial charge in [0, 0.05) is 62.5 Å². The fourth-order valence-corrected chi connectivity index (χ4v) is 4.51. The normalized spacial score (nSPS) is 13.5. The summed E-state index contributed by atoms with van der Waals surface area (Å²) >= 11 is 0. The van der Waals surface area contributed by atoms with Crippen molar-refractivity contribution in [3.63, 3.8) is 0 Å². The molecule has 5 rings (SSSR count). The summed E-state index contributed by atoms with van der Waals surface area (Å²) in [6.45, 7) is 3.04. The first-order valence-corrected chi connectivity index (χ1v) is 10.6. The standard InChI is InChI=1S/C27H27N3/c1-29(2)27-13-6-4-10-24(27)23-11-7-9-21-18-30(19-25(21)23)17-16-22-15-14-20-8-3-5-12-26(20)28-22/h3-15H,16-19H2,1-2H3. The van der Waals surface area contributed by atoms with E-state index in [9.17, 15) is 0 Å². The predicted molar refractivity (Wildman–Crippen MR) is 126 cm³/mol. The van der Waals surface area contributed by atoms with Gasteiger partial charge in [0.05, 0.1) is 5.52 Å². The molecule has 0 unspecified atom stereocenters. The van der Waals surface area contributed by atoms with Crippen LogP contribution in [0.2, 0.25) is 0 Å². The molecular weight excluding hydrogens is 366 g/mol. The van der Waals surface area contributed by atoms with Gasteiger partial charge < -0.3 is 4.90 Å². The Labute approximate surface area is 178 Å². The van der Waals surface area contributed by atoms with E-state index in [1.165, 1.54) is 39.0 Å². The Hall–Kier alpha value is -3.17. The number of fused-ring (bicyclic) bond motifs is 2. The minimum atomic E-state index is 0.975. The summed E-state index contributed by atoms with van der Waals surface area (Å²) in [5.74, 6) is 0. The molecule has 0 bridgehead atoms. The highest BCUT2D eigenvalue weighted by Crippen LogP contribution is 2.37. The average molecular weight is 394 g/mol. The molecule has 0 fully saturated rings. The molecule has 0 radical (unpaired) electrons. The van der Waals surface area contributed by atoms with Crippen LogP contribution in [0.4, 0.5) is 5.69 Å². The second-order valence-corrected chi connectivity index (χ2v) is 8.31. The van der Waals surface area contributed by atoms with E-state index in [0.29, 0.717) is 0 Å². The number of benzene rings is 3. The van der Waals surface area contributed by atoms with Crippen LogP contribution in [0.25, 0.3) is 22.0 Å². The molecule has 1 aliphatic heterocycles. The third-order valence-corrected chi connectivity index (χ3v) is 6.07. The van der Waals surface area contributed by atoms with Crippen molar-refractivity contribution in [3.8, 4) is 11.1 Å². The molecular formula is C27H27N3. The molecule has 3 heteroatoms. The summed E-state index contributed by atoms with van der Waals surface area (Å²) in [6, 6.07) is 28.2. The first kappa shape index (κ1) is 18.8. The number of hydrogen-bond acceptors (Lipinski definition) is 3. The molecule has 1 aliphatic rings. The number of para-hydroxylation sites is 2. The number of hydrogen-bond donors (Lipinski definition) is 0. The van der Waals surface area contributed by atoms with Crippen molar-refractivity contribution < 1.29 is 0 Å². The molecule has 1 aromatic heterocycles. The van der Waals surface area contributed by atoms with Gasteiger partial charge in [0.25, 0.3) is 0 Å². The van der Waals surface area contributed by atoms with E-state index in [-0.39, 0.29) is 0 Å². The van der Waals surface area contributed by atoms with Crippen molar-refractivity contribution in [3.05, 3.63) is 95.7 Å². The van der Waals surface area contributed by atoms with Crippen LogP contribution in [-0.4, -0.2) is 30.5 Å². The summed E-state index contributed by atoms with van der Waals surface area (Å²) in [7, 11) is 4.23. The lowest BCUT2D eigenvalue weighted by molar-refractivity contribution is 0.287. The van der Waals surface area contributed by atoms with E-state index in [2.05, 4.69) is 103 Å². The predicted octanol–water partition coefficient (Wildman–Crippen LogP) is 5.53. The molecule has 0 saturated carbocycles. The quantitative estimate of drug-likeness (QED) is 0.445. The van der Waals surface area contributed by atoms with Gasteiger partial charge in [0.15, 0.2) is 0 Å². The van der Waals surface area contributed by atoms with Crippen LogP contribution in [0.3, 0.4) is 0 Å². The zero-order valence-corrected chi connectivity index (χ0v) is 17.7. The SMILES string of the molecule is CN(C)c1ccccc1-c1cccc2c1CN(CCc1ccc3ccccc3n1)C2. The van der Waals surface area contributed by atoms with Gasteiger partial charge in [-0.05, 0) is 34.9 Å². The van der Waals surface area contributed by atoms with Crippen molar-refractivity contribution in [2.24, 2.45) is 0 Å². The van der Waals surface area contributed by atoms with E-state index < -0.39 is 0 Å². The Morgan fingerprint density at radius 3 is 2.50 bits per heavy atom. The minimum Gasteiger partial charge on any atom is -0.377 e. The van der Waals surface area contributed by atoms with Crippen LogP contribution >= 0.6 is 0 Å². The van der Waals surface area contributed by atoms with Gasteiger partial charge in [-0.25, -0.2) is 0 Å². The molecule has 0 spiro atoms. The number of rotatable bonds is 5. The largest absolute Gasteiger partial charge is 0.377 e. The van der Waals surface area contributed by atoms with Crippen LogP contribution in [0.15, 0.2) is 78.9 Å². The number of anilines is 1. The molecule has 3 nitrogen and oxygen atoms in total. The summed E-state index contributed by atoms with van der Waals surface area (Å²) in [5.41, 5.74) is 9.13. The highest BCUT2D eigenvalue weighted by atomic mass is 15.1. The lowest BCUT2D eigenvalue weighted by Crippen LogP contribution is -2.20. The summed E-state index contributed by atoms with van der Waals surface area (Å²) in [6.07, 6.45) is 0.975. The van der Waals surface area contributed by atoms with E-state index in [1.54, 1.807) is 0 Å². The lowest BCUT2D eigenvalue weighted by atomic mass is 9.95. The van der Waals surface area contributed by atoms with Crippen molar-refractivity contribution in [2.45, 2.75) is 19.5 Å².